The van der Waals surface area contributed by atoms with Crippen LogP contribution in [0.25, 0.3) is 5.57 Å². The molecule has 0 amide bonds. The Labute approximate surface area is 113 Å². The lowest BCUT2D eigenvalue weighted by molar-refractivity contribution is 1.29. The maximum Gasteiger partial charge on any atom is 0.0228 e. The average Bonchev–Trinajstić information content (AvgIpc) is 2.75. The molecule has 1 aliphatic carbocycles. The van der Waals surface area contributed by atoms with Crippen LogP contribution in [-0.4, -0.2) is 0 Å². The highest BCUT2D eigenvalue weighted by atomic mass is 32.2. The van der Waals surface area contributed by atoms with E-state index in [0.717, 1.165) is 12.2 Å². The van der Waals surface area contributed by atoms with Crippen molar-refractivity contribution in [3.63, 3.8) is 0 Å². The lowest BCUT2D eigenvalue weighted by Crippen LogP contribution is -1.83. The highest BCUT2D eigenvalue weighted by molar-refractivity contribution is 8.02. The van der Waals surface area contributed by atoms with Crippen molar-refractivity contribution in [2.24, 2.45) is 0 Å². The Morgan fingerprint density at radius 2 is 1.67 bits per heavy atom. The lowest BCUT2D eigenvalue weighted by Gasteiger charge is -2.04. The zero-order valence-electron chi connectivity index (χ0n) is 10.5. The summed E-state index contributed by atoms with van der Waals surface area (Å²) in [4.78, 5) is 1.53. The Morgan fingerprint density at radius 1 is 0.944 bits per heavy atom. The number of hydrogen-bond donors (Lipinski definition) is 0. The van der Waals surface area contributed by atoms with E-state index in [-0.39, 0.29) is 0 Å². The zero-order valence-corrected chi connectivity index (χ0v) is 11.3. The number of thioether (sulfide) groups is 1. The largest absolute Gasteiger partial charge is 0.125 e. The van der Waals surface area contributed by atoms with Gasteiger partial charge in [0.25, 0.3) is 0 Å². The van der Waals surface area contributed by atoms with E-state index < -0.39 is 0 Å². The lowest BCUT2D eigenvalue weighted by atomic mass is 10.1. The molecule has 2 aromatic carbocycles. The SMILES string of the molecule is CC1=C(SCc2ccccc2)Cc2ccccc21. The minimum absolute atomic E-state index is 1.07. The van der Waals surface area contributed by atoms with E-state index in [2.05, 4.69) is 61.5 Å². The molecule has 3 rings (SSSR count). The van der Waals surface area contributed by atoms with Crippen LogP contribution in [0.1, 0.15) is 23.6 Å². The molecule has 0 aromatic heterocycles. The summed E-state index contributed by atoms with van der Waals surface area (Å²) in [6.45, 7) is 2.25. The molecule has 0 bridgehead atoms. The van der Waals surface area contributed by atoms with Crippen molar-refractivity contribution in [2.45, 2.75) is 19.1 Å². The van der Waals surface area contributed by atoms with E-state index in [1.807, 2.05) is 11.8 Å². The molecule has 0 heterocycles. The van der Waals surface area contributed by atoms with Gasteiger partial charge in [-0.25, -0.2) is 0 Å². The molecular weight excluding hydrogens is 236 g/mol. The van der Waals surface area contributed by atoms with Gasteiger partial charge in [0.05, 0.1) is 0 Å². The highest BCUT2D eigenvalue weighted by Gasteiger charge is 2.17. The minimum Gasteiger partial charge on any atom is -0.125 e. The van der Waals surface area contributed by atoms with Gasteiger partial charge in [-0.05, 0) is 34.1 Å². The summed E-state index contributed by atoms with van der Waals surface area (Å²) in [5.41, 5.74) is 5.78. The average molecular weight is 252 g/mol. The van der Waals surface area contributed by atoms with Crippen LogP contribution in [0, 0.1) is 0 Å². The summed E-state index contributed by atoms with van der Waals surface area (Å²) in [6.07, 6.45) is 1.11. The molecule has 0 saturated heterocycles. The third-order valence-corrected chi connectivity index (χ3v) is 4.72. The monoisotopic (exact) mass is 252 g/mol. The molecule has 0 nitrogen and oxygen atoms in total. The van der Waals surface area contributed by atoms with Crippen LogP contribution in [0.4, 0.5) is 0 Å². The topological polar surface area (TPSA) is 0 Å². The van der Waals surface area contributed by atoms with Crippen molar-refractivity contribution in [3.8, 4) is 0 Å². The Hall–Kier alpha value is -1.47. The van der Waals surface area contributed by atoms with E-state index in [4.69, 9.17) is 0 Å². The second kappa shape index (κ2) is 5.03. The minimum atomic E-state index is 1.07. The van der Waals surface area contributed by atoms with Crippen molar-refractivity contribution in [3.05, 3.63) is 76.2 Å². The number of benzene rings is 2. The Morgan fingerprint density at radius 3 is 2.44 bits per heavy atom. The van der Waals surface area contributed by atoms with Gasteiger partial charge in [0.15, 0.2) is 0 Å². The molecule has 0 aliphatic heterocycles. The summed E-state index contributed by atoms with van der Waals surface area (Å²) < 4.78 is 0. The van der Waals surface area contributed by atoms with Gasteiger partial charge in [0.1, 0.15) is 0 Å². The maximum absolute atomic E-state index is 2.25. The molecule has 0 atom stereocenters. The van der Waals surface area contributed by atoms with E-state index >= 15 is 0 Å². The fourth-order valence-corrected chi connectivity index (χ4v) is 3.52. The summed E-state index contributed by atoms with van der Waals surface area (Å²) >= 11 is 1.98. The van der Waals surface area contributed by atoms with Gasteiger partial charge in [-0.2, -0.15) is 0 Å². The van der Waals surface area contributed by atoms with E-state index in [0.29, 0.717) is 0 Å². The Bertz CT molecular complexity index is 582. The fourth-order valence-electron chi connectivity index (χ4n) is 2.40. The normalized spacial score (nSPS) is 13.8. The summed E-state index contributed by atoms with van der Waals surface area (Å²) in [5, 5.41) is 0. The van der Waals surface area contributed by atoms with Gasteiger partial charge in [0, 0.05) is 12.2 Å². The molecule has 0 fully saturated rings. The van der Waals surface area contributed by atoms with Crippen LogP contribution < -0.4 is 0 Å². The molecule has 1 aliphatic rings. The first-order chi connectivity index (χ1) is 8.84. The van der Waals surface area contributed by atoms with Gasteiger partial charge in [-0.15, -0.1) is 11.8 Å². The standard InChI is InChI=1S/C17H16S/c1-13-16-10-6-5-9-15(16)11-17(13)18-12-14-7-3-2-4-8-14/h2-10H,11-12H2,1H3. The van der Waals surface area contributed by atoms with Gasteiger partial charge < -0.3 is 0 Å². The molecular formula is C17H16S. The Kier molecular flexibility index (Phi) is 3.24. The van der Waals surface area contributed by atoms with Crippen molar-refractivity contribution in [2.75, 3.05) is 0 Å². The summed E-state index contributed by atoms with van der Waals surface area (Å²) in [6, 6.07) is 19.4. The molecule has 1 heteroatoms. The summed E-state index contributed by atoms with van der Waals surface area (Å²) in [5.74, 6) is 1.07. The number of rotatable bonds is 3. The van der Waals surface area contributed by atoms with Crippen LogP contribution in [0.5, 0.6) is 0 Å². The fraction of sp³-hybridized carbons (Fsp3) is 0.176. The van der Waals surface area contributed by atoms with Crippen molar-refractivity contribution in [1.29, 1.82) is 0 Å². The molecule has 90 valence electrons. The van der Waals surface area contributed by atoms with Crippen LogP contribution in [0.3, 0.4) is 0 Å². The van der Waals surface area contributed by atoms with Crippen molar-refractivity contribution >= 4 is 17.3 Å². The van der Waals surface area contributed by atoms with Crippen LogP contribution in [0.2, 0.25) is 0 Å². The predicted octanol–water partition coefficient (Wildman–Crippen LogP) is 4.91. The first-order valence-corrected chi connectivity index (χ1v) is 7.28. The van der Waals surface area contributed by atoms with E-state index in [9.17, 15) is 0 Å². The quantitative estimate of drug-likeness (QED) is 0.748. The Balaban J connectivity index is 1.74. The molecule has 0 N–H and O–H groups in total. The molecule has 2 aromatic rings. The van der Waals surface area contributed by atoms with E-state index in [1.54, 1.807) is 0 Å². The maximum atomic E-state index is 2.25. The second-order valence-electron chi connectivity index (χ2n) is 4.66. The predicted molar refractivity (Wildman–Crippen MR) is 80.5 cm³/mol. The first kappa shape index (κ1) is 11.6. The second-order valence-corrected chi connectivity index (χ2v) is 5.73. The van der Waals surface area contributed by atoms with Gasteiger partial charge >= 0.3 is 0 Å². The van der Waals surface area contributed by atoms with Crippen LogP contribution in [-0.2, 0) is 12.2 Å². The van der Waals surface area contributed by atoms with E-state index in [1.165, 1.54) is 27.2 Å². The molecule has 0 radical (unpaired) electrons. The van der Waals surface area contributed by atoms with Crippen molar-refractivity contribution in [1.82, 2.24) is 0 Å². The third-order valence-electron chi connectivity index (χ3n) is 3.45. The van der Waals surface area contributed by atoms with Gasteiger partial charge in [-0.1, -0.05) is 54.6 Å². The molecule has 0 spiro atoms. The molecule has 18 heavy (non-hydrogen) atoms. The first-order valence-electron chi connectivity index (χ1n) is 6.29. The van der Waals surface area contributed by atoms with Crippen LogP contribution >= 0.6 is 11.8 Å². The molecule has 0 saturated carbocycles. The summed E-state index contributed by atoms with van der Waals surface area (Å²) in [7, 11) is 0. The van der Waals surface area contributed by atoms with Gasteiger partial charge in [0.2, 0.25) is 0 Å². The third kappa shape index (κ3) is 2.23. The smallest absolute Gasteiger partial charge is 0.0228 e. The zero-order chi connectivity index (χ0) is 12.4. The molecule has 0 unspecified atom stereocenters. The van der Waals surface area contributed by atoms with Gasteiger partial charge in [-0.3, -0.25) is 0 Å². The number of allylic oxidation sites excluding steroid dienone is 2. The number of fused-ring (bicyclic) bond motifs is 1. The van der Waals surface area contributed by atoms with Crippen molar-refractivity contribution < 1.29 is 0 Å². The van der Waals surface area contributed by atoms with Crippen LogP contribution in [0.15, 0.2) is 59.5 Å². The highest BCUT2D eigenvalue weighted by Crippen LogP contribution is 2.39. The number of hydrogen-bond acceptors (Lipinski definition) is 1.